The van der Waals surface area contributed by atoms with Crippen LogP contribution in [0, 0.1) is 23.7 Å². The van der Waals surface area contributed by atoms with Crippen molar-refractivity contribution in [1.29, 1.82) is 0 Å². The fourth-order valence-corrected chi connectivity index (χ4v) is 3.97. The molecule has 1 heterocycles. The van der Waals surface area contributed by atoms with E-state index in [1.165, 1.54) is 11.3 Å². The number of hydrogen-bond acceptors (Lipinski definition) is 4. The van der Waals surface area contributed by atoms with E-state index >= 15 is 0 Å². The van der Waals surface area contributed by atoms with Gasteiger partial charge in [0.2, 0.25) is 11.0 Å². The SMILES string of the molecule is CC(C)Cc1nnc(NC(=O)C2CC3C=CC2C3)s1. The molecule has 3 rings (SSSR count). The fraction of sp³-hybridized carbons (Fsp3) is 0.643. The van der Waals surface area contributed by atoms with Gasteiger partial charge < -0.3 is 5.32 Å². The van der Waals surface area contributed by atoms with Gasteiger partial charge >= 0.3 is 0 Å². The first-order chi connectivity index (χ1) is 9.11. The maximum Gasteiger partial charge on any atom is 0.229 e. The van der Waals surface area contributed by atoms with E-state index in [-0.39, 0.29) is 11.8 Å². The summed E-state index contributed by atoms with van der Waals surface area (Å²) in [5.41, 5.74) is 0. The van der Waals surface area contributed by atoms with Crippen LogP contribution in [-0.2, 0) is 11.2 Å². The lowest BCUT2D eigenvalue weighted by atomic mass is 9.93. The second kappa shape index (κ2) is 5.04. The second-order valence-corrected chi connectivity index (χ2v) is 7.04. The lowest BCUT2D eigenvalue weighted by Gasteiger charge is -2.16. The summed E-state index contributed by atoms with van der Waals surface area (Å²) in [6, 6.07) is 0. The van der Waals surface area contributed by atoms with E-state index in [2.05, 4.69) is 41.5 Å². The zero-order chi connectivity index (χ0) is 13.4. The third-order valence-corrected chi connectivity index (χ3v) is 4.76. The van der Waals surface area contributed by atoms with E-state index in [0.717, 1.165) is 24.3 Å². The summed E-state index contributed by atoms with van der Waals surface area (Å²) in [5.74, 6) is 1.86. The van der Waals surface area contributed by atoms with Gasteiger partial charge in [-0.05, 0) is 30.6 Å². The summed E-state index contributed by atoms with van der Waals surface area (Å²) in [4.78, 5) is 12.2. The van der Waals surface area contributed by atoms with Gasteiger partial charge in [-0.25, -0.2) is 0 Å². The molecule has 3 atom stereocenters. The molecule has 102 valence electrons. The Hall–Kier alpha value is -1.23. The Kier molecular flexibility index (Phi) is 3.39. The number of rotatable bonds is 4. The highest BCUT2D eigenvalue weighted by atomic mass is 32.1. The number of allylic oxidation sites excluding steroid dienone is 2. The van der Waals surface area contributed by atoms with Gasteiger partial charge in [-0.1, -0.05) is 37.3 Å². The van der Waals surface area contributed by atoms with Crippen molar-refractivity contribution in [2.75, 3.05) is 5.32 Å². The standard InChI is InChI=1S/C14H19N3OS/c1-8(2)5-12-16-17-14(19-12)15-13(18)11-7-9-3-4-10(11)6-9/h3-4,8-11H,5-7H2,1-2H3,(H,15,17,18). The van der Waals surface area contributed by atoms with Gasteiger partial charge in [0.05, 0.1) is 0 Å². The van der Waals surface area contributed by atoms with Crippen molar-refractivity contribution in [2.45, 2.75) is 33.1 Å². The fourth-order valence-electron chi connectivity index (χ4n) is 3.02. The van der Waals surface area contributed by atoms with Crippen LogP contribution in [-0.4, -0.2) is 16.1 Å². The third-order valence-electron chi connectivity index (χ3n) is 3.90. The number of anilines is 1. The van der Waals surface area contributed by atoms with E-state index in [1.54, 1.807) is 0 Å². The smallest absolute Gasteiger partial charge is 0.229 e. The highest BCUT2D eigenvalue weighted by molar-refractivity contribution is 7.15. The molecule has 19 heavy (non-hydrogen) atoms. The topological polar surface area (TPSA) is 54.9 Å². The molecular formula is C14H19N3OS. The van der Waals surface area contributed by atoms with Crippen molar-refractivity contribution in [2.24, 2.45) is 23.7 Å². The third kappa shape index (κ3) is 2.71. The molecule has 2 aliphatic carbocycles. The maximum atomic E-state index is 12.2. The Balaban J connectivity index is 1.60. The van der Waals surface area contributed by atoms with Crippen molar-refractivity contribution in [3.05, 3.63) is 17.2 Å². The van der Waals surface area contributed by atoms with Crippen LogP contribution >= 0.6 is 11.3 Å². The number of aromatic nitrogens is 2. The molecule has 0 aliphatic heterocycles. The number of fused-ring (bicyclic) bond motifs is 2. The molecule has 0 spiro atoms. The van der Waals surface area contributed by atoms with Crippen molar-refractivity contribution in [3.63, 3.8) is 0 Å². The van der Waals surface area contributed by atoms with E-state index in [0.29, 0.717) is 22.9 Å². The number of nitrogens with zero attached hydrogens (tertiary/aromatic N) is 2. The highest BCUT2D eigenvalue weighted by Crippen LogP contribution is 2.43. The van der Waals surface area contributed by atoms with E-state index in [1.807, 2.05) is 0 Å². The van der Waals surface area contributed by atoms with Crippen molar-refractivity contribution >= 4 is 22.4 Å². The summed E-state index contributed by atoms with van der Waals surface area (Å²) in [6.07, 6.45) is 7.50. The molecule has 1 fully saturated rings. The van der Waals surface area contributed by atoms with Crippen LogP contribution < -0.4 is 5.32 Å². The molecule has 0 radical (unpaired) electrons. The second-order valence-electron chi connectivity index (χ2n) is 5.97. The Morgan fingerprint density at radius 2 is 2.26 bits per heavy atom. The van der Waals surface area contributed by atoms with Crippen molar-refractivity contribution < 1.29 is 4.79 Å². The molecule has 0 saturated heterocycles. The lowest BCUT2D eigenvalue weighted by molar-refractivity contribution is -0.120. The van der Waals surface area contributed by atoms with Gasteiger partial charge in [0.15, 0.2) is 0 Å². The van der Waals surface area contributed by atoms with Gasteiger partial charge in [0.1, 0.15) is 5.01 Å². The summed E-state index contributed by atoms with van der Waals surface area (Å²) >= 11 is 1.50. The van der Waals surface area contributed by atoms with Crippen LogP contribution in [0.15, 0.2) is 12.2 Å². The zero-order valence-electron chi connectivity index (χ0n) is 11.3. The number of carbonyl (C=O) groups excluding carboxylic acids is 1. The minimum atomic E-state index is 0.115. The summed E-state index contributed by atoms with van der Waals surface area (Å²) in [7, 11) is 0. The Labute approximate surface area is 117 Å². The van der Waals surface area contributed by atoms with E-state index in [9.17, 15) is 4.79 Å². The van der Waals surface area contributed by atoms with E-state index in [4.69, 9.17) is 0 Å². The average Bonchev–Trinajstić information content (AvgIpc) is 3.04. The first-order valence-corrected chi connectivity index (χ1v) is 7.75. The maximum absolute atomic E-state index is 12.2. The largest absolute Gasteiger partial charge is 0.300 e. The Morgan fingerprint density at radius 3 is 2.89 bits per heavy atom. The molecule has 2 bridgehead atoms. The number of nitrogens with one attached hydrogen (secondary N) is 1. The van der Waals surface area contributed by atoms with Crippen LogP contribution in [0.25, 0.3) is 0 Å². The summed E-state index contributed by atoms with van der Waals surface area (Å²) in [5, 5.41) is 12.8. The molecule has 2 aliphatic rings. The van der Waals surface area contributed by atoms with Gasteiger partial charge in [-0.15, -0.1) is 10.2 Å². The van der Waals surface area contributed by atoms with Crippen molar-refractivity contribution in [1.82, 2.24) is 10.2 Å². The monoisotopic (exact) mass is 277 g/mol. The quantitative estimate of drug-likeness (QED) is 0.861. The molecule has 0 aromatic carbocycles. The lowest BCUT2D eigenvalue weighted by Crippen LogP contribution is -2.25. The molecule has 1 N–H and O–H groups in total. The molecule has 5 heteroatoms. The number of carbonyl (C=O) groups is 1. The zero-order valence-corrected chi connectivity index (χ0v) is 12.1. The van der Waals surface area contributed by atoms with Crippen LogP contribution in [0.1, 0.15) is 31.7 Å². The van der Waals surface area contributed by atoms with Gasteiger partial charge in [-0.3, -0.25) is 4.79 Å². The van der Waals surface area contributed by atoms with Crippen LogP contribution in [0.4, 0.5) is 5.13 Å². The van der Waals surface area contributed by atoms with Crippen LogP contribution in [0.2, 0.25) is 0 Å². The molecule has 1 aromatic heterocycles. The van der Waals surface area contributed by atoms with E-state index < -0.39 is 0 Å². The Bertz CT molecular complexity index is 509. The Morgan fingerprint density at radius 1 is 1.42 bits per heavy atom. The van der Waals surface area contributed by atoms with Crippen LogP contribution in [0.3, 0.4) is 0 Å². The molecule has 4 nitrogen and oxygen atoms in total. The van der Waals surface area contributed by atoms with Crippen molar-refractivity contribution in [3.8, 4) is 0 Å². The van der Waals surface area contributed by atoms with Gasteiger partial charge in [0, 0.05) is 12.3 Å². The molecular weight excluding hydrogens is 258 g/mol. The highest BCUT2D eigenvalue weighted by Gasteiger charge is 2.39. The van der Waals surface area contributed by atoms with Crippen LogP contribution in [0.5, 0.6) is 0 Å². The predicted molar refractivity (Wildman–Crippen MR) is 75.9 cm³/mol. The average molecular weight is 277 g/mol. The number of hydrogen-bond donors (Lipinski definition) is 1. The molecule has 1 aromatic rings. The molecule has 3 unspecified atom stereocenters. The van der Waals surface area contributed by atoms with Gasteiger partial charge in [-0.2, -0.15) is 0 Å². The summed E-state index contributed by atoms with van der Waals surface area (Å²) in [6.45, 7) is 4.31. The molecule has 1 saturated carbocycles. The minimum Gasteiger partial charge on any atom is -0.300 e. The van der Waals surface area contributed by atoms with Gasteiger partial charge in [0.25, 0.3) is 0 Å². The minimum absolute atomic E-state index is 0.115. The predicted octanol–water partition coefficient (Wildman–Crippen LogP) is 2.89. The summed E-state index contributed by atoms with van der Waals surface area (Å²) < 4.78 is 0. The molecule has 1 amide bonds. The number of amides is 1. The first-order valence-electron chi connectivity index (χ1n) is 6.93. The normalized spacial score (nSPS) is 28.3. The first kappa shape index (κ1) is 12.8.